The Kier molecular flexibility index (Phi) is 4.13. The van der Waals surface area contributed by atoms with Gasteiger partial charge in [-0.3, -0.25) is 0 Å². The summed E-state index contributed by atoms with van der Waals surface area (Å²) >= 11 is 0. The molecule has 0 amide bonds. The van der Waals surface area contributed by atoms with Crippen LogP contribution in [0.2, 0.25) is 0 Å². The maximum Gasteiger partial charge on any atom is 0.338 e. The van der Waals surface area contributed by atoms with Gasteiger partial charge in [0, 0.05) is 11.1 Å². The number of esters is 1. The molecule has 0 fully saturated rings. The van der Waals surface area contributed by atoms with Crippen LogP contribution in [0.25, 0.3) is 21.9 Å². The third-order valence-corrected chi connectivity index (χ3v) is 4.13. The third kappa shape index (κ3) is 2.56. The monoisotopic (exact) mass is 322 g/mol. The van der Waals surface area contributed by atoms with Crippen molar-refractivity contribution in [1.82, 2.24) is 0 Å². The second-order valence-electron chi connectivity index (χ2n) is 5.54. The van der Waals surface area contributed by atoms with E-state index in [1.165, 1.54) is 7.11 Å². The lowest BCUT2D eigenvalue weighted by atomic mass is 9.90. The van der Waals surface area contributed by atoms with E-state index in [2.05, 4.69) is 0 Å². The van der Waals surface area contributed by atoms with Crippen LogP contribution >= 0.6 is 0 Å². The average molecular weight is 322 g/mol. The Morgan fingerprint density at radius 3 is 2.46 bits per heavy atom. The van der Waals surface area contributed by atoms with E-state index in [9.17, 15) is 9.90 Å². The molecule has 24 heavy (non-hydrogen) atoms. The molecule has 0 saturated carbocycles. The molecule has 122 valence electrons. The highest BCUT2D eigenvalue weighted by Gasteiger charge is 2.20. The molecule has 0 radical (unpaired) electrons. The van der Waals surface area contributed by atoms with Gasteiger partial charge in [-0.1, -0.05) is 24.3 Å². The Morgan fingerprint density at radius 2 is 1.75 bits per heavy atom. The summed E-state index contributed by atoms with van der Waals surface area (Å²) < 4.78 is 10.2. The number of rotatable bonds is 3. The number of carbonyl (C=O) groups excluding carboxylic acids is 1. The number of benzene rings is 3. The van der Waals surface area contributed by atoms with Crippen LogP contribution in [0.15, 0.2) is 48.5 Å². The fraction of sp³-hybridized carbons (Fsp3) is 0.150. The zero-order valence-corrected chi connectivity index (χ0v) is 13.8. The first-order valence-corrected chi connectivity index (χ1v) is 7.55. The normalized spacial score (nSPS) is 10.6. The molecule has 3 rings (SSSR count). The maximum atomic E-state index is 12.2. The number of ether oxygens (including phenoxy) is 2. The number of hydrogen-bond acceptors (Lipinski definition) is 4. The molecule has 0 aromatic heterocycles. The molecule has 0 heterocycles. The van der Waals surface area contributed by atoms with E-state index >= 15 is 0 Å². The number of phenolic OH excluding ortho intramolecular Hbond substituents is 1. The number of aromatic hydroxyl groups is 1. The Hall–Kier alpha value is -3.01. The summed E-state index contributed by atoms with van der Waals surface area (Å²) in [6.07, 6.45) is 0. The van der Waals surface area contributed by atoms with Crippen molar-refractivity contribution in [1.29, 1.82) is 0 Å². The van der Waals surface area contributed by atoms with Gasteiger partial charge in [0.15, 0.2) is 0 Å². The smallest absolute Gasteiger partial charge is 0.338 e. The lowest BCUT2D eigenvalue weighted by Gasteiger charge is -2.16. The summed E-state index contributed by atoms with van der Waals surface area (Å²) in [5.74, 6) is 0.353. The van der Waals surface area contributed by atoms with Crippen LogP contribution < -0.4 is 4.74 Å². The van der Waals surface area contributed by atoms with Crippen LogP contribution in [-0.2, 0) is 4.74 Å². The first-order valence-electron chi connectivity index (χ1n) is 7.55. The standard InChI is InChI=1S/C20H18O4/c1-12-5-4-6-15(20(22)24-3)18(12)19-16-11-14(23-2)9-7-13(16)8-10-17(19)21/h4-11,21H,1-3H3. The van der Waals surface area contributed by atoms with Gasteiger partial charge < -0.3 is 14.6 Å². The van der Waals surface area contributed by atoms with Crippen molar-refractivity contribution in [3.63, 3.8) is 0 Å². The van der Waals surface area contributed by atoms with E-state index in [1.54, 1.807) is 25.3 Å². The first kappa shape index (κ1) is 15.9. The predicted octanol–water partition coefficient (Wildman–Crippen LogP) is 4.32. The quantitative estimate of drug-likeness (QED) is 0.730. The molecular formula is C20H18O4. The van der Waals surface area contributed by atoms with Crippen LogP contribution in [0.4, 0.5) is 0 Å². The number of carbonyl (C=O) groups is 1. The minimum atomic E-state index is -0.437. The summed E-state index contributed by atoms with van der Waals surface area (Å²) in [5, 5.41) is 12.3. The predicted molar refractivity (Wildman–Crippen MR) is 93.7 cm³/mol. The highest BCUT2D eigenvalue weighted by Crippen LogP contribution is 2.41. The molecular weight excluding hydrogens is 304 g/mol. The van der Waals surface area contributed by atoms with Gasteiger partial charge in [0.25, 0.3) is 0 Å². The summed E-state index contributed by atoms with van der Waals surface area (Å²) in [5.41, 5.74) is 2.57. The van der Waals surface area contributed by atoms with Crippen molar-refractivity contribution < 1.29 is 19.4 Å². The fourth-order valence-electron chi connectivity index (χ4n) is 2.96. The van der Waals surface area contributed by atoms with E-state index in [4.69, 9.17) is 9.47 Å². The second kappa shape index (κ2) is 6.24. The molecule has 0 unspecified atom stereocenters. The van der Waals surface area contributed by atoms with E-state index in [0.717, 1.165) is 16.3 Å². The maximum absolute atomic E-state index is 12.2. The fourth-order valence-corrected chi connectivity index (χ4v) is 2.96. The topological polar surface area (TPSA) is 55.8 Å². The van der Waals surface area contributed by atoms with Gasteiger partial charge in [-0.15, -0.1) is 0 Å². The Labute approximate surface area is 140 Å². The van der Waals surface area contributed by atoms with E-state index in [0.29, 0.717) is 22.4 Å². The molecule has 3 aromatic rings. The zero-order chi connectivity index (χ0) is 17.3. The molecule has 0 aliphatic rings. The second-order valence-corrected chi connectivity index (χ2v) is 5.54. The molecule has 0 aliphatic carbocycles. The molecule has 0 aliphatic heterocycles. The molecule has 0 atom stereocenters. The van der Waals surface area contributed by atoms with Crippen LogP contribution in [0, 0.1) is 6.92 Å². The SMILES string of the molecule is COC(=O)c1cccc(C)c1-c1c(O)ccc2ccc(OC)cc12. The summed E-state index contributed by atoms with van der Waals surface area (Å²) in [7, 11) is 2.94. The molecule has 4 heteroatoms. The van der Waals surface area contributed by atoms with Gasteiger partial charge in [0.2, 0.25) is 0 Å². The number of phenols is 1. The van der Waals surface area contributed by atoms with Crippen molar-refractivity contribution in [2.24, 2.45) is 0 Å². The summed E-state index contributed by atoms with van der Waals surface area (Å²) in [6.45, 7) is 1.90. The minimum Gasteiger partial charge on any atom is -0.507 e. The Balaban J connectivity index is 2.42. The minimum absolute atomic E-state index is 0.107. The van der Waals surface area contributed by atoms with Gasteiger partial charge in [-0.2, -0.15) is 0 Å². The number of aryl methyl sites for hydroxylation is 1. The largest absolute Gasteiger partial charge is 0.507 e. The summed E-state index contributed by atoms with van der Waals surface area (Å²) in [4.78, 5) is 12.2. The lowest BCUT2D eigenvalue weighted by molar-refractivity contribution is 0.0601. The highest BCUT2D eigenvalue weighted by molar-refractivity contribution is 6.07. The van der Waals surface area contributed by atoms with Crippen LogP contribution in [0.1, 0.15) is 15.9 Å². The molecule has 1 N–H and O–H groups in total. The van der Waals surface area contributed by atoms with E-state index < -0.39 is 5.97 Å². The Morgan fingerprint density at radius 1 is 1.00 bits per heavy atom. The number of fused-ring (bicyclic) bond motifs is 1. The summed E-state index contributed by atoms with van der Waals surface area (Å²) in [6, 6.07) is 14.5. The average Bonchev–Trinajstić information content (AvgIpc) is 2.61. The molecule has 0 saturated heterocycles. The van der Waals surface area contributed by atoms with Crippen molar-refractivity contribution in [3.05, 3.63) is 59.7 Å². The van der Waals surface area contributed by atoms with Gasteiger partial charge in [-0.25, -0.2) is 4.79 Å². The first-order chi connectivity index (χ1) is 11.6. The van der Waals surface area contributed by atoms with Gasteiger partial charge in [0.05, 0.1) is 19.8 Å². The van der Waals surface area contributed by atoms with Crippen LogP contribution in [0.5, 0.6) is 11.5 Å². The van der Waals surface area contributed by atoms with Crippen LogP contribution in [0.3, 0.4) is 0 Å². The van der Waals surface area contributed by atoms with Crippen molar-refractivity contribution in [2.75, 3.05) is 14.2 Å². The van der Waals surface area contributed by atoms with Crippen molar-refractivity contribution in [2.45, 2.75) is 6.92 Å². The Bertz CT molecular complexity index is 928. The molecule has 0 bridgehead atoms. The third-order valence-electron chi connectivity index (χ3n) is 4.13. The van der Waals surface area contributed by atoms with Gasteiger partial charge >= 0.3 is 5.97 Å². The number of methoxy groups -OCH3 is 2. The lowest BCUT2D eigenvalue weighted by Crippen LogP contribution is -2.05. The molecule has 4 nitrogen and oxygen atoms in total. The van der Waals surface area contributed by atoms with Crippen molar-refractivity contribution >= 4 is 16.7 Å². The molecule has 0 spiro atoms. The molecule has 3 aromatic carbocycles. The van der Waals surface area contributed by atoms with Crippen LogP contribution in [-0.4, -0.2) is 25.3 Å². The van der Waals surface area contributed by atoms with Gasteiger partial charge in [-0.05, 0) is 47.5 Å². The van der Waals surface area contributed by atoms with E-state index in [1.807, 2.05) is 37.3 Å². The highest BCUT2D eigenvalue weighted by atomic mass is 16.5. The van der Waals surface area contributed by atoms with Gasteiger partial charge in [0.1, 0.15) is 11.5 Å². The number of hydrogen-bond donors (Lipinski definition) is 1. The zero-order valence-electron chi connectivity index (χ0n) is 13.8. The van der Waals surface area contributed by atoms with E-state index in [-0.39, 0.29) is 5.75 Å². The van der Waals surface area contributed by atoms with Crippen molar-refractivity contribution in [3.8, 4) is 22.6 Å².